The van der Waals surface area contributed by atoms with E-state index >= 15 is 0 Å². The van der Waals surface area contributed by atoms with Crippen molar-refractivity contribution in [3.8, 4) is 0 Å². The maximum Gasteiger partial charge on any atom is 0.225 e. The lowest BCUT2D eigenvalue weighted by atomic mass is 10.1. The monoisotopic (exact) mass is 273 g/mol. The molecule has 0 aliphatic carbocycles. The molecule has 0 spiro atoms. The Morgan fingerprint density at radius 1 is 1.47 bits per heavy atom. The van der Waals surface area contributed by atoms with E-state index < -0.39 is 6.17 Å². The van der Waals surface area contributed by atoms with Crippen molar-refractivity contribution in [1.82, 2.24) is 9.97 Å². The highest BCUT2D eigenvalue weighted by molar-refractivity contribution is 9.10. The van der Waals surface area contributed by atoms with Gasteiger partial charge in [0.15, 0.2) is 0 Å². The number of anilines is 1. The van der Waals surface area contributed by atoms with Crippen LogP contribution in [0.2, 0.25) is 0 Å². The summed E-state index contributed by atoms with van der Waals surface area (Å²) >= 11 is 3.36. The second kappa shape index (κ2) is 4.43. The molecule has 0 unspecified atom stereocenters. The third-order valence-corrected chi connectivity index (χ3v) is 3.39. The molecular formula is C10H13BrFN3. The number of rotatable bonds is 1. The highest BCUT2D eigenvalue weighted by atomic mass is 79.9. The van der Waals surface area contributed by atoms with Crippen molar-refractivity contribution in [2.24, 2.45) is 0 Å². The molecule has 0 atom stereocenters. The molecule has 1 aliphatic rings. The molecule has 0 N–H and O–H groups in total. The molecule has 1 aliphatic heterocycles. The summed E-state index contributed by atoms with van der Waals surface area (Å²) in [5, 5.41) is 0. The maximum absolute atomic E-state index is 12.9. The Balaban J connectivity index is 2.12. The number of aromatic nitrogens is 2. The molecule has 0 aromatic carbocycles. The summed E-state index contributed by atoms with van der Waals surface area (Å²) in [6.45, 7) is 3.35. The Labute approximate surface area is 96.8 Å². The van der Waals surface area contributed by atoms with Crippen LogP contribution in [0.4, 0.5) is 10.3 Å². The lowest BCUT2D eigenvalue weighted by Gasteiger charge is -2.28. The van der Waals surface area contributed by atoms with Gasteiger partial charge in [0, 0.05) is 19.3 Å². The molecule has 15 heavy (non-hydrogen) atoms. The Kier molecular flexibility index (Phi) is 3.19. The highest BCUT2D eigenvalue weighted by Gasteiger charge is 2.20. The predicted molar refractivity (Wildman–Crippen MR) is 60.8 cm³/mol. The standard InChI is InChI=1S/C10H13BrFN3/c1-7-9(11)6-13-10(14-7)15-4-2-8(12)3-5-15/h6,8H,2-5H2,1H3. The third kappa shape index (κ3) is 2.45. The van der Waals surface area contributed by atoms with Gasteiger partial charge in [0.25, 0.3) is 0 Å². The molecule has 82 valence electrons. The van der Waals surface area contributed by atoms with E-state index in [0.29, 0.717) is 31.9 Å². The minimum atomic E-state index is -0.655. The fourth-order valence-electron chi connectivity index (χ4n) is 1.64. The van der Waals surface area contributed by atoms with E-state index in [1.165, 1.54) is 0 Å². The lowest BCUT2D eigenvalue weighted by molar-refractivity contribution is 0.276. The van der Waals surface area contributed by atoms with E-state index in [0.717, 1.165) is 10.2 Å². The van der Waals surface area contributed by atoms with Gasteiger partial charge in [-0.2, -0.15) is 0 Å². The largest absolute Gasteiger partial charge is 0.341 e. The fourth-order valence-corrected chi connectivity index (χ4v) is 1.83. The third-order valence-electron chi connectivity index (χ3n) is 2.61. The minimum Gasteiger partial charge on any atom is -0.341 e. The zero-order valence-electron chi connectivity index (χ0n) is 8.58. The molecule has 0 bridgehead atoms. The van der Waals surface area contributed by atoms with E-state index in [2.05, 4.69) is 25.9 Å². The quantitative estimate of drug-likeness (QED) is 0.787. The summed E-state index contributed by atoms with van der Waals surface area (Å²) in [6, 6.07) is 0. The summed E-state index contributed by atoms with van der Waals surface area (Å²) < 4.78 is 13.9. The van der Waals surface area contributed by atoms with Crippen LogP contribution in [-0.4, -0.2) is 29.2 Å². The van der Waals surface area contributed by atoms with Gasteiger partial charge < -0.3 is 4.90 Å². The van der Waals surface area contributed by atoms with Gasteiger partial charge in [0.05, 0.1) is 10.2 Å². The van der Waals surface area contributed by atoms with Crippen molar-refractivity contribution >= 4 is 21.9 Å². The number of alkyl halides is 1. The molecule has 0 radical (unpaired) electrons. The van der Waals surface area contributed by atoms with Crippen LogP contribution >= 0.6 is 15.9 Å². The van der Waals surface area contributed by atoms with E-state index in [1.807, 2.05) is 11.8 Å². The molecule has 5 heteroatoms. The van der Waals surface area contributed by atoms with Gasteiger partial charge in [-0.25, -0.2) is 14.4 Å². The number of aryl methyl sites for hydroxylation is 1. The SMILES string of the molecule is Cc1nc(N2CCC(F)CC2)ncc1Br. The van der Waals surface area contributed by atoms with E-state index in [-0.39, 0.29) is 0 Å². The van der Waals surface area contributed by atoms with Gasteiger partial charge in [0.2, 0.25) is 5.95 Å². The topological polar surface area (TPSA) is 29.0 Å². The molecule has 1 saturated heterocycles. The van der Waals surface area contributed by atoms with Crippen molar-refractivity contribution in [2.75, 3.05) is 18.0 Å². The van der Waals surface area contributed by atoms with Crippen LogP contribution in [0.3, 0.4) is 0 Å². The second-order valence-electron chi connectivity index (χ2n) is 3.77. The smallest absolute Gasteiger partial charge is 0.225 e. The van der Waals surface area contributed by atoms with Gasteiger partial charge in [0.1, 0.15) is 6.17 Å². The van der Waals surface area contributed by atoms with Crippen LogP contribution < -0.4 is 4.90 Å². The van der Waals surface area contributed by atoms with E-state index in [1.54, 1.807) is 6.20 Å². The fraction of sp³-hybridized carbons (Fsp3) is 0.600. The lowest BCUT2D eigenvalue weighted by Crippen LogP contribution is -2.35. The zero-order chi connectivity index (χ0) is 10.8. The molecule has 1 aromatic rings. The number of piperidine rings is 1. The van der Waals surface area contributed by atoms with Gasteiger partial charge in [-0.3, -0.25) is 0 Å². The number of nitrogens with zero attached hydrogens (tertiary/aromatic N) is 3. The molecule has 0 amide bonds. The van der Waals surface area contributed by atoms with Crippen LogP contribution in [0.25, 0.3) is 0 Å². The summed E-state index contributed by atoms with van der Waals surface area (Å²) in [6.07, 6.45) is 2.26. The Morgan fingerprint density at radius 3 is 2.73 bits per heavy atom. The maximum atomic E-state index is 12.9. The first-order chi connectivity index (χ1) is 7.16. The molecular weight excluding hydrogens is 261 g/mol. The summed E-state index contributed by atoms with van der Waals surface area (Å²) in [5.74, 6) is 0.711. The normalized spacial score (nSPS) is 18.2. The average Bonchev–Trinajstić information content (AvgIpc) is 2.23. The Bertz CT molecular complexity index is 351. The van der Waals surface area contributed by atoms with Gasteiger partial charge in [-0.05, 0) is 35.7 Å². The molecule has 2 rings (SSSR count). The first-order valence-corrected chi connectivity index (χ1v) is 5.84. The van der Waals surface area contributed by atoms with Crippen molar-refractivity contribution in [3.63, 3.8) is 0 Å². The van der Waals surface area contributed by atoms with Crippen molar-refractivity contribution in [1.29, 1.82) is 0 Å². The molecule has 1 aromatic heterocycles. The molecule has 2 heterocycles. The van der Waals surface area contributed by atoms with Crippen LogP contribution in [0.1, 0.15) is 18.5 Å². The van der Waals surface area contributed by atoms with Crippen LogP contribution in [-0.2, 0) is 0 Å². The van der Waals surface area contributed by atoms with Crippen molar-refractivity contribution in [2.45, 2.75) is 25.9 Å². The predicted octanol–water partition coefficient (Wildman–Crippen LogP) is 2.49. The minimum absolute atomic E-state index is 0.582. The van der Waals surface area contributed by atoms with Gasteiger partial charge in [-0.15, -0.1) is 0 Å². The van der Waals surface area contributed by atoms with Crippen LogP contribution in [0.5, 0.6) is 0 Å². The summed E-state index contributed by atoms with van der Waals surface area (Å²) in [5.41, 5.74) is 0.919. The number of hydrogen-bond acceptors (Lipinski definition) is 3. The molecule has 3 nitrogen and oxygen atoms in total. The second-order valence-corrected chi connectivity index (χ2v) is 4.62. The summed E-state index contributed by atoms with van der Waals surface area (Å²) in [4.78, 5) is 10.6. The first-order valence-electron chi connectivity index (χ1n) is 5.05. The average molecular weight is 274 g/mol. The van der Waals surface area contributed by atoms with Gasteiger partial charge in [-0.1, -0.05) is 0 Å². The van der Waals surface area contributed by atoms with Gasteiger partial charge >= 0.3 is 0 Å². The first kappa shape index (κ1) is 10.8. The molecule has 0 saturated carbocycles. The number of hydrogen-bond donors (Lipinski definition) is 0. The highest BCUT2D eigenvalue weighted by Crippen LogP contribution is 2.20. The van der Waals surface area contributed by atoms with Crippen LogP contribution in [0.15, 0.2) is 10.7 Å². The number of halogens is 2. The summed E-state index contributed by atoms with van der Waals surface area (Å²) in [7, 11) is 0. The molecule has 1 fully saturated rings. The Morgan fingerprint density at radius 2 is 2.13 bits per heavy atom. The zero-order valence-corrected chi connectivity index (χ0v) is 10.2. The van der Waals surface area contributed by atoms with Crippen molar-refractivity contribution in [3.05, 3.63) is 16.4 Å². The van der Waals surface area contributed by atoms with Crippen molar-refractivity contribution < 1.29 is 4.39 Å². The Hall–Kier alpha value is -0.710. The van der Waals surface area contributed by atoms with E-state index in [9.17, 15) is 4.39 Å². The van der Waals surface area contributed by atoms with E-state index in [4.69, 9.17) is 0 Å². The van der Waals surface area contributed by atoms with Crippen LogP contribution in [0, 0.1) is 6.92 Å².